The highest BCUT2D eigenvalue weighted by atomic mass is 35.5. The summed E-state index contributed by atoms with van der Waals surface area (Å²) in [5, 5.41) is 9.25. The van der Waals surface area contributed by atoms with E-state index in [4.69, 9.17) is 32.4 Å². The topological polar surface area (TPSA) is 84.1 Å². The molecular weight excluding hydrogens is 465 g/mol. The van der Waals surface area contributed by atoms with Crippen molar-refractivity contribution < 1.29 is 18.7 Å². The van der Waals surface area contributed by atoms with E-state index >= 15 is 0 Å². The van der Waals surface area contributed by atoms with Gasteiger partial charge in [0.25, 0.3) is 5.91 Å². The Bertz CT molecular complexity index is 1260. The number of rotatable bonds is 6. The highest BCUT2D eigenvalue weighted by Gasteiger charge is 2.31. The van der Waals surface area contributed by atoms with E-state index < -0.39 is 5.97 Å². The lowest BCUT2D eigenvalue weighted by Gasteiger charge is -2.10. The van der Waals surface area contributed by atoms with E-state index in [-0.39, 0.29) is 34.7 Å². The molecule has 0 saturated carbocycles. The Hall–Kier alpha value is -3.55. The first kappa shape index (κ1) is 22.6. The molecule has 0 bridgehead atoms. The highest BCUT2D eigenvalue weighted by molar-refractivity contribution is 6.37. The molecule has 1 aliphatic rings. The normalized spacial score (nSPS) is 14.5. The van der Waals surface area contributed by atoms with E-state index in [0.29, 0.717) is 27.7 Å². The number of ether oxygens (including phenoxy) is 1. The second-order valence-corrected chi connectivity index (χ2v) is 7.85. The number of carbonyl (C=O) groups is 2. The fourth-order valence-electron chi connectivity index (χ4n) is 3.22. The van der Waals surface area contributed by atoms with Gasteiger partial charge >= 0.3 is 5.97 Å². The van der Waals surface area contributed by atoms with Gasteiger partial charge in [0.05, 0.1) is 23.6 Å². The summed E-state index contributed by atoms with van der Waals surface area (Å²) in [6.45, 7) is 3.56. The molecule has 9 heteroatoms. The maximum Gasteiger partial charge on any atom is 0.345 e. The lowest BCUT2D eigenvalue weighted by atomic mass is 10.1. The summed E-state index contributed by atoms with van der Waals surface area (Å²) in [6.07, 6.45) is 1.47. The average Bonchev–Trinajstić information content (AvgIpc) is 3.26. The Morgan fingerprint density at radius 2 is 1.85 bits per heavy atom. The first-order chi connectivity index (χ1) is 15.9. The van der Waals surface area contributed by atoms with Crippen molar-refractivity contribution in [1.82, 2.24) is 0 Å². The molecule has 2 aromatic carbocycles. The number of hydrogen-bond donors (Lipinski definition) is 1. The van der Waals surface area contributed by atoms with Crippen LogP contribution in [0.1, 0.15) is 30.0 Å². The van der Waals surface area contributed by atoms with Crippen LogP contribution in [-0.4, -0.2) is 24.2 Å². The van der Waals surface area contributed by atoms with E-state index in [1.807, 2.05) is 18.2 Å². The standard InChI is InChI=1S/C24H19Cl2N3O4/c1-3-32-24(31)20-21(26)19(33-22(20)27-16-11-9-15(25)10-12-16)13-18-14(2)28-29(23(18)30)17-7-5-4-6-8-17/h4-13,27H,3H2,1-2H3/b18-13+. The summed E-state index contributed by atoms with van der Waals surface area (Å²) in [7, 11) is 0. The second-order valence-electron chi connectivity index (χ2n) is 7.03. The van der Waals surface area contributed by atoms with Crippen LogP contribution in [0.15, 0.2) is 69.7 Å². The minimum Gasteiger partial charge on any atom is -0.462 e. The van der Waals surface area contributed by atoms with E-state index in [0.717, 1.165) is 0 Å². The number of amides is 1. The quantitative estimate of drug-likeness (QED) is 0.327. The molecule has 0 saturated heterocycles. The zero-order valence-electron chi connectivity index (χ0n) is 17.8. The number of nitrogens with zero attached hydrogens (tertiary/aromatic N) is 2. The van der Waals surface area contributed by atoms with E-state index in [1.54, 1.807) is 50.2 Å². The van der Waals surface area contributed by atoms with Gasteiger partial charge in [0.2, 0.25) is 5.88 Å². The number of esters is 1. The maximum absolute atomic E-state index is 13.0. The van der Waals surface area contributed by atoms with Crippen molar-refractivity contribution in [1.29, 1.82) is 0 Å². The molecule has 0 radical (unpaired) electrons. The maximum atomic E-state index is 13.0. The van der Waals surface area contributed by atoms with Gasteiger partial charge in [-0.1, -0.05) is 41.4 Å². The van der Waals surface area contributed by atoms with Crippen LogP contribution in [0.25, 0.3) is 6.08 Å². The van der Waals surface area contributed by atoms with Gasteiger partial charge in [-0.3, -0.25) is 4.79 Å². The highest BCUT2D eigenvalue weighted by Crippen LogP contribution is 2.37. The van der Waals surface area contributed by atoms with Crippen LogP contribution in [0.2, 0.25) is 10.0 Å². The molecule has 0 atom stereocenters. The van der Waals surface area contributed by atoms with E-state index in [9.17, 15) is 9.59 Å². The first-order valence-electron chi connectivity index (χ1n) is 10.1. The summed E-state index contributed by atoms with van der Waals surface area (Å²) in [6, 6.07) is 15.9. The van der Waals surface area contributed by atoms with Gasteiger partial charge in [-0.05, 0) is 56.3 Å². The molecule has 3 aromatic rings. The zero-order valence-corrected chi connectivity index (χ0v) is 19.3. The van der Waals surface area contributed by atoms with Crippen molar-refractivity contribution in [3.8, 4) is 0 Å². The largest absolute Gasteiger partial charge is 0.462 e. The van der Waals surface area contributed by atoms with E-state index in [1.165, 1.54) is 11.1 Å². The van der Waals surface area contributed by atoms with Crippen molar-refractivity contribution in [2.24, 2.45) is 5.10 Å². The zero-order chi connectivity index (χ0) is 23.5. The number of hydrazone groups is 1. The Morgan fingerprint density at radius 1 is 1.15 bits per heavy atom. The minimum atomic E-state index is -0.651. The SMILES string of the molecule is CCOC(=O)c1c(Nc2ccc(Cl)cc2)oc(/C=C2/C(=O)N(c3ccccc3)N=C2C)c1Cl. The van der Waals surface area contributed by atoms with Gasteiger partial charge in [0, 0.05) is 10.7 Å². The third-order valence-corrected chi connectivity index (χ3v) is 5.42. The minimum absolute atomic E-state index is 0.0242. The molecule has 1 N–H and O–H groups in total. The summed E-state index contributed by atoms with van der Waals surface area (Å²) in [4.78, 5) is 25.6. The summed E-state index contributed by atoms with van der Waals surface area (Å²) in [5.41, 5.74) is 2.07. The lowest BCUT2D eigenvalue weighted by molar-refractivity contribution is -0.114. The molecule has 168 valence electrons. The average molecular weight is 484 g/mol. The molecule has 0 spiro atoms. The van der Waals surface area contributed by atoms with Crippen molar-refractivity contribution in [3.63, 3.8) is 0 Å². The monoisotopic (exact) mass is 483 g/mol. The molecule has 7 nitrogen and oxygen atoms in total. The van der Waals surface area contributed by atoms with Crippen LogP contribution in [0.3, 0.4) is 0 Å². The smallest absolute Gasteiger partial charge is 0.345 e. The van der Waals surface area contributed by atoms with Gasteiger partial charge in [-0.2, -0.15) is 10.1 Å². The lowest BCUT2D eigenvalue weighted by Crippen LogP contribution is -2.21. The summed E-state index contributed by atoms with van der Waals surface area (Å²) in [5.74, 6) is -0.769. The number of para-hydroxylation sites is 1. The number of anilines is 3. The molecular formula is C24H19Cl2N3O4. The van der Waals surface area contributed by atoms with Crippen LogP contribution in [-0.2, 0) is 9.53 Å². The van der Waals surface area contributed by atoms with Gasteiger partial charge in [-0.25, -0.2) is 4.79 Å². The Labute approximate surface area is 200 Å². The molecule has 4 rings (SSSR count). The van der Waals surface area contributed by atoms with Gasteiger partial charge < -0.3 is 14.5 Å². The molecule has 0 fully saturated rings. The number of furan rings is 1. The predicted octanol–water partition coefficient (Wildman–Crippen LogP) is 6.31. The fraction of sp³-hybridized carbons (Fsp3) is 0.125. The molecule has 33 heavy (non-hydrogen) atoms. The second kappa shape index (κ2) is 9.52. The van der Waals surface area contributed by atoms with Crippen LogP contribution >= 0.6 is 23.2 Å². The number of hydrogen-bond acceptors (Lipinski definition) is 6. The van der Waals surface area contributed by atoms with Crippen LogP contribution in [0.5, 0.6) is 0 Å². The van der Waals surface area contributed by atoms with Gasteiger partial charge in [0.15, 0.2) is 0 Å². The van der Waals surface area contributed by atoms with Crippen molar-refractivity contribution in [3.05, 3.63) is 81.5 Å². The summed E-state index contributed by atoms with van der Waals surface area (Å²) >= 11 is 12.5. The van der Waals surface area contributed by atoms with Gasteiger partial charge in [0.1, 0.15) is 16.3 Å². The number of nitrogens with one attached hydrogen (secondary N) is 1. The first-order valence-corrected chi connectivity index (χ1v) is 10.8. The van der Waals surface area contributed by atoms with Crippen LogP contribution in [0, 0.1) is 0 Å². The van der Waals surface area contributed by atoms with Gasteiger partial charge in [-0.15, -0.1) is 0 Å². The Morgan fingerprint density at radius 3 is 2.52 bits per heavy atom. The molecule has 1 aromatic heterocycles. The molecule has 2 heterocycles. The molecule has 0 unspecified atom stereocenters. The van der Waals surface area contributed by atoms with Crippen molar-refractivity contribution >= 4 is 64.1 Å². The third-order valence-electron chi connectivity index (χ3n) is 4.80. The fourth-order valence-corrected chi connectivity index (χ4v) is 3.60. The summed E-state index contributed by atoms with van der Waals surface area (Å²) < 4.78 is 11.0. The molecule has 0 aliphatic carbocycles. The number of benzene rings is 2. The molecule has 1 amide bonds. The predicted molar refractivity (Wildman–Crippen MR) is 129 cm³/mol. The van der Waals surface area contributed by atoms with E-state index in [2.05, 4.69) is 10.4 Å². The van der Waals surface area contributed by atoms with Crippen molar-refractivity contribution in [2.45, 2.75) is 13.8 Å². The third kappa shape index (κ3) is 4.65. The number of carbonyl (C=O) groups excluding carboxylic acids is 2. The number of halogens is 2. The Kier molecular flexibility index (Phi) is 6.53. The Balaban J connectivity index is 1.72. The molecule has 1 aliphatic heterocycles. The van der Waals surface area contributed by atoms with Crippen molar-refractivity contribution in [2.75, 3.05) is 16.9 Å². The van der Waals surface area contributed by atoms with Crippen LogP contribution < -0.4 is 10.3 Å². The van der Waals surface area contributed by atoms with Crippen LogP contribution in [0.4, 0.5) is 17.3 Å².